The van der Waals surface area contributed by atoms with Crippen molar-refractivity contribution in [2.45, 2.75) is 89.6 Å². The number of benzene rings is 5. The topological polar surface area (TPSA) is 345 Å². The summed E-state index contributed by atoms with van der Waals surface area (Å²) in [5, 5.41) is 42.5. The van der Waals surface area contributed by atoms with Crippen LogP contribution in [0.15, 0.2) is 158 Å². The molecule has 24 nitrogen and oxygen atoms in total. The monoisotopic (exact) mass is 1230 g/mol. The number of H-pyrrole nitrogens is 2. The largest absolute Gasteiger partial charge is 0.361 e. The molecule has 0 bridgehead atoms. The first-order chi connectivity index (χ1) is 40.8. The summed E-state index contributed by atoms with van der Waals surface area (Å²) in [6, 6.07) is 40.9. The molecule has 88 heavy (non-hydrogen) atoms. The van der Waals surface area contributed by atoms with Gasteiger partial charge in [0.1, 0.15) is 5.60 Å². The number of aromatic amines is 2. The second-order valence-electron chi connectivity index (χ2n) is 18.1. The second-order valence-corrected chi connectivity index (χ2v) is 18.6. The molecule has 6 N–H and O–H groups in total. The molecule has 10 rings (SSSR count). The summed E-state index contributed by atoms with van der Waals surface area (Å²) in [4.78, 5) is 89.7. The van der Waals surface area contributed by atoms with Crippen LogP contribution in [-0.4, -0.2) is 101 Å². The second kappa shape index (κ2) is 40.3. The molecule has 5 aromatic carbocycles. The van der Waals surface area contributed by atoms with E-state index in [1.165, 1.54) is 74.5 Å². The summed E-state index contributed by atoms with van der Waals surface area (Å²) in [5.41, 5.74) is 10.7. The zero-order valence-electron chi connectivity index (χ0n) is 49.0. The molecule has 465 valence electrons. The first-order valence-corrected chi connectivity index (χ1v) is 26.2. The number of hydrogen-bond acceptors (Lipinski definition) is 16. The van der Waals surface area contributed by atoms with Gasteiger partial charge < -0.3 is 25.5 Å². The van der Waals surface area contributed by atoms with Gasteiger partial charge >= 0.3 is 48.5 Å². The van der Waals surface area contributed by atoms with E-state index in [4.69, 9.17) is 20.8 Å². The van der Waals surface area contributed by atoms with Crippen molar-refractivity contribution in [1.29, 1.82) is 5.26 Å². The number of para-hydroxylation sites is 5. The minimum Gasteiger partial charge on any atom is -0.361 e. The van der Waals surface area contributed by atoms with E-state index < -0.39 is 21.5 Å². The standard InChI is InChI=1S/C15H18N2O3.C10H8N2O3.C10H10N2O.C8H6N2O2.C8H7N.C2H5B2O3.C2H3ClO.C2H3N.C2H6O.2CH4/c1-10(18)17-9-12(11-7-5-6-8-13(11)17)16-14(19)20-15(2,3)4;1-7(13)11-6-10(12(14)15)8-4-2-3-5-9(8)11;1-7(13)12-6-9(11)8-4-2-3-5-10(8)12;11-10(12)8-5-9-7-4-2-1-3-6(7)8;1-2-4-8-7(3-1)5-6-9-8;1-3-7-6-2-4-5;1-2(3)4;2*1-2-3;;/h5-9H,1-4H3,(H,16,19);2-6H,1H3;2-6H,11H2,1H3;1-5,9H;1-6,9H;2H2,1H3;1H3;1H3;3H,2H2,1H3;2*1H4. The Balaban J connectivity index is 0.00000102. The molecule has 0 saturated heterocycles. The summed E-state index contributed by atoms with van der Waals surface area (Å²) >= 11 is 4.64. The molecule has 5 heterocycles. The fraction of sp³-hybridized carbons (Fsp3) is 0.246. The van der Waals surface area contributed by atoms with Crippen molar-refractivity contribution in [3.05, 3.63) is 179 Å². The summed E-state index contributed by atoms with van der Waals surface area (Å²) in [7, 11) is 1.97. The number of aliphatic hydroxyl groups is 1. The third-order valence-electron chi connectivity index (χ3n) is 10.5. The van der Waals surface area contributed by atoms with Crippen LogP contribution >= 0.6 is 11.6 Å². The van der Waals surface area contributed by atoms with Crippen LogP contribution in [0.25, 0.3) is 54.5 Å². The Morgan fingerprint density at radius 3 is 1.59 bits per heavy atom. The molecule has 1 radical (unpaired) electrons. The number of carbonyl (C=O) groups excluding carboxylic acids is 5. The first kappa shape index (κ1) is 77.9. The molecule has 0 saturated carbocycles. The van der Waals surface area contributed by atoms with Gasteiger partial charge in [-0.2, -0.15) is 5.26 Å². The van der Waals surface area contributed by atoms with Crippen LogP contribution in [-0.2, 0) is 23.9 Å². The van der Waals surface area contributed by atoms with E-state index in [0.29, 0.717) is 34.8 Å². The number of fused-ring (bicyclic) bond motifs is 5. The van der Waals surface area contributed by atoms with Crippen LogP contribution in [0.1, 0.15) is 91.6 Å². The van der Waals surface area contributed by atoms with E-state index in [-0.39, 0.29) is 62.3 Å². The minimum absolute atomic E-state index is 0. The van der Waals surface area contributed by atoms with Crippen LogP contribution in [0.4, 0.5) is 27.5 Å². The van der Waals surface area contributed by atoms with Crippen molar-refractivity contribution in [2.24, 2.45) is 0 Å². The van der Waals surface area contributed by atoms with Gasteiger partial charge in [-0.25, -0.2) is 4.79 Å². The number of amides is 1. The maximum absolute atomic E-state index is 11.8. The molecule has 0 fully saturated rings. The van der Waals surface area contributed by atoms with Gasteiger partial charge in [0.15, 0.2) is 0 Å². The van der Waals surface area contributed by atoms with E-state index >= 15 is 0 Å². The number of nitrogens with one attached hydrogen (secondary N) is 3. The first-order valence-electron chi connectivity index (χ1n) is 25.9. The number of hydrogen-bond donors (Lipinski definition) is 5. The van der Waals surface area contributed by atoms with Gasteiger partial charge in [0.2, 0.25) is 23.0 Å². The molecule has 27 heteroatoms. The fourth-order valence-electron chi connectivity index (χ4n) is 7.32. The van der Waals surface area contributed by atoms with Gasteiger partial charge in [-0.1, -0.05) is 93.7 Å². The molecule has 5 aromatic heterocycles. The molecule has 1 amide bonds. The number of nitrogens with zero attached hydrogens (tertiary/aromatic N) is 6. The molecular weight excluding hydrogens is 1150 g/mol. The maximum Gasteiger partial charge on any atom is 0.294 e. The van der Waals surface area contributed by atoms with Gasteiger partial charge in [0.05, 0.1) is 72.5 Å². The molecule has 0 aliphatic heterocycles. The van der Waals surface area contributed by atoms with Gasteiger partial charge in [-0.05, 0) is 93.2 Å². The quantitative estimate of drug-likeness (QED) is 0.0247. The third-order valence-corrected chi connectivity index (χ3v) is 10.5. The number of nitrogen functional groups attached to an aromatic ring is 1. The number of aromatic nitrogens is 5. The van der Waals surface area contributed by atoms with Crippen LogP contribution < -0.4 is 11.1 Å². The van der Waals surface area contributed by atoms with Crippen LogP contribution in [0.2, 0.25) is 6.82 Å². The Bertz CT molecular complexity index is 3810. The Hall–Kier alpha value is -10.1. The maximum atomic E-state index is 11.8. The number of nitrogens with two attached hydrogens (primary N) is 1. The molecule has 0 aliphatic carbocycles. The van der Waals surface area contributed by atoms with Crippen molar-refractivity contribution in [3.8, 4) is 6.07 Å². The Labute approximate surface area is 515 Å². The van der Waals surface area contributed by atoms with Gasteiger partial charge in [0.25, 0.3) is 11.4 Å². The number of rotatable bonds is 7. The number of halogens is 1. The van der Waals surface area contributed by atoms with Gasteiger partial charge in [-0.15, -0.1) is 0 Å². The van der Waals surface area contributed by atoms with E-state index in [0.717, 1.165) is 27.3 Å². The smallest absolute Gasteiger partial charge is 0.294 e. The van der Waals surface area contributed by atoms with Gasteiger partial charge in [0, 0.05) is 76.1 Å². The average Bonchev–Trinajstić information content (AvgIpc) is 1.78. The molecule has 0 unspecified atom stereocenters. The summed E-state index contributed by atoms with van der Waals surface area (Å²) in [5.74, 6) is -0.370. The SMILES string of the molecule is C.C.CC#N.CC(=O)Cl.CC(=O)n1cc(N)c2ccccc21.CC(=O)n1cc(NC(=O)OC(C)(C)C)c2ccccc21.CC(=O)n1cc([N+](=O)[O-])c2ccccc21.CCO.C[B]OOCB=O.O=[N+]([O-])c1c[nH]c2ccccc12.c1ccc2[nH]ccc2c1. The molecule has 0 atom stereocenters. The molecule has 0 aliphatic rings. The number of ether oxygens (including phenoxy) is 1. The predicted molar refractivity (Wildman–Crippen MR) is 348 cm³/mol. The van der Waals surface area contributed by atoms with Crippen molar-refractivity contribution in [2.75, 3.05) is 24.2 Å². The van der Waals surface area contributed by atoms with Crippen molar-refractivity contribution < 1.29 is 58.1 Å². The summed E-state index contributed by atoms with van der Waals surface area (Å²) < 4.78 is 19.0. The minimum atomic E-state index is -0.566. The summed E-state index contributed by atoms with van der Waals surface area (Å²) in [6.45, 7) is 16.1. The predicted octanol–water partition coefficient (Wildman–Crippen LogP) is 14.2. The zero-order valence-corrected chi connectivity index (χ0v) is 49.7. The normalized spacial score (nSPS) is 9.58. The average molecular weight is 1230 g/mol. The van der Waals surface area contributed by atoms with Gasteiger partial charge in [-0.3, -0.25) is 58.4 Å². The molecule has 0 spiro atoms. The van der Waals surface area contributed by atoms with Crippen LogP contribution in [0, 0.1) is 31.6 Å². The zero-order chi connectivity index (χ0) is 64.5. The van der Waals surface area contributed by atoms with E-state index in [1.54, 1.807) is 93.9 Å². The third kappa shape index (κ3) is 25.7. The van der Waals surface area contributed by atoms with Crippen LogP contribution in [0.3, 0.4) is 0 Å². The summed E-state index contributed by atoms with van der Waals surface area (Å²) in [6.07, 6.45) is 7.34. The molecular formula is C61H74B2ClN10O14. The Morgan fingerprint density at radius 2 is 1.11 bits per heavy atom. The van der Waals surface area contributed by atoms with E-state index in [9.17, 15) is 48.9 Å². The number of nitro groups is 2. The number of aliphatic hydroxyl groups excluding tert-OH is 1. The Kier molecular flexibility index (Phi) is 35.7. The van der Waals surface area contributed by atoms with E-state index in [1.807, 2.05) is 79.0 Å². The molecule has 10 aromatic rings. The van der Waals surface area contributed by atoms with E-state index in [2.05, 4.69) is 54.8 Å². The number of carbonyl (C=O) groups is 5. The number of nitriles is 1. The number of anilines is 2. The fourth-order valence-corrected chi connectivity index (χ4v) is 7.32. The van der Waals surface area contributed by atoms with Crippen LogP contribution in [0.5, 0.6) is 0 Å². The van der Waals surface area contributed by atoms with Crippen molar-refractivity contribution in [3.63, 3.8) is 0 Å². The van der Waals surface area contributed by atoms with Crippen molar-refractivity contribution in [1.82, 2.24) is 23.7 Å². The Morgan fingerprint density at radius 1 is 0.693 bits per heavy atom. The van der Waals surface area contributed by atoms with Crippen molar-refractivity contribution >= 4 is 133 Å².